The van der Waals surface area contributed by atoms with Gasteiger partial charge in [-0.05, 0) is 54.2 Å². The van der Waals surface area contributed by atoms with Crippen molar-refractivity contribution in [3.8, 4) is 0 Å². The number of halogens is 3. The Morgan fingerprint density at radius 2 is 1.09 bits per heavy atom. The number of benzene rings is 3. The van der Waals surface area contributed by atoms with Gasteiger partial charge in [-0.1, -0.05) is 42.5 Å². The van der Waals surface area contributed by atoms with Crippen molar-refractivity contribution in [1.82, 2.24) is 0 Å². The van der Waals surface area contributed by atoms with Crippen molar-refractivity contribution in [2.75, 3.05) is 0 Å². The molecule has 0 spiro atoms. The molecule has 0 N–H and O–H groups in total. The van der Waals surface area contributed by atoms with E-state index >= 15 is 0 Å². The van der Waals surface area contributed by atoms with Crippen LogP contribution in [0.25, 0.3) is 0 Å². The molecule has 33 heavy (non-hydrogen) atoms. The molecular formula is C19H12F3Na2O6PS2. The average molecular weight is 534 g/mol. The molecule has 6 nitrogen and oxygen atoms in total. The molecule has 14 heteroatoms. The van der Waals surface area contributed by atoms with Crippen molar-refractivity contribution in [2.24, 2.45) is 0 Å². The van der Waals surface area contributed by atoms with Gasteiger partial charge in [-0.2, -0.15) is 13.2 Å². The van der Waals surface area contributed by atoms with Crippen LogP contribution < -0.4 is 75.0 Å². The van der Waals surface area contributed by atoms with Gasteiger partial charge in [0, 0.05) is 0 Å². The minimum absolute atomic E-state index is 0. The third-order valence-corrected chi connectivity index (χ3v) is 8.30. The van der Waals surface area contributed by atoms with Crippen LogP contribution >= 0.6 is 7.92 Å². The Bertz CT molecular complexity index is 1270. The normalized spacial score (nSPS) is 12.1. The molecule has 0 heterocycles. The van der Waals surface area contributed by atoms with Crippen LogP contribution in [-0.2, 0) is 26.4 Å². The summed E-state index contributed by atoms with van der Waals surface area (Å²) in [7, 11) is -12.0. The van der Waals surface area contributed by atoms with E-state index in [4.69, 9.17) is 0 Å². The maximum absolute atomic E-state index is 13.7. The summed E-state index contributed by atoms with van der Waals surface area (Å²) >= 11 is 0. The van der Waals surface area contributed by atoms with Crippen LogP contribution in [0.15, 0.2) is 82.6 Å². The first-order chi connectivity index (χ1) is 14.3. The summed E-state index contributed by atoms with van der Waals surface area (Å²) in [6, 6.07) is 13.6. The number of alkyl halides is 3. The molecule has 164 valence electrons. The minimum atomic E-state index is -4.90. The average Bonchev–Trinajstić information content (AvgIpc) is 2.67. The number of hydrogen-bond acceptors (Lipinski definition) is 6. The van der Waals surface area contributed by atoms with Crippen LogP contribution in [0, 0.1) is 0 Å². The minimum Gasteiger partial charge on any atom is -0.744 e. The van der Waals surface area contributed by atoms with E-state index in [9.17, 15) is 39.1 Å². The molecule has 0 aromatic heterocycles. The predicted molar refractivity (Wildman–Crippen MR) is 106 cm³/mol. The molecule has 0 radical (unpaired) electrons. The molecule has 0 atom stereocenters. The van der Waals surface area contributed by atoms with Crippen LogP contribution in [0.1, 0.15) is 5.56 Å². The van der Waals surface area contributed by atoms with Crippen LogP contribution in [0.4, 0.5) is 13.2 Å². The Kier molecular flexibility index (Phi) is 10.8. The maximum Gasteiger partial charge on any atom is 1.00 e. The second-order valence-corrected chi connectivity index (χ2v) is 11.2. The summed E-state index contributed by atoms with van der Waals surface area (Å²) in [4.78, 5) is -1.29. The fourth-order valence-corrected chi connectivity index (χ4v) is 6.64. The number of hydrogen-bond donors (Lipinski definition) is 0. The van der Waals surface area contributed by atoms with Gasteiger partial charge in [-0.25, -0.2) is 16.8 Å². The fourth-order valence-electron chi connectivity index (χ4n) is 2.89. The van der Waals surface area contributed by atoms with Crippen LogP contribution in [0.2, 0.25) is 0 Å². The molecule has 3 aromatic rings. The van der Waals surface area contributed by atoms with E-state index in [1.807, 2.05) is 0 Å². The zero-order chi connectivity index (χ0) is 23.0. The van der Waals surface area contributed by atoms with E-state index in [1.165, 1.54) is 42.5 Å². The second-order valence-electron chi connectivity index (χ2n) is 6.25. The zero-order valence-corrected chi connectivity index (χ0v) is 23.8. The van der Waals surface area contributed by atoms with Gasteiger partial charge >= 0.3 is 65.3 Å². The number of rotatable bonds is 5. The quantitative estimate of drug-likeness (QED) is 0.189. The van der Waals surface area contributed by atoms with E-state index in [1.54, 1.807) is 0 Å². The first-order valence-electron chi connectivity index (χ1n) is 8.37. The van der Waals surface area contributed by atoms with E-state index < -0.39 is 49.7 Å². The van der Waals surface area contributed by atoms with Crippen LogP contribution in [0.3, 0.4) is 0 Å². The van der Waals surface area contributed by atoms with Gasteiger partial charge in [-0.3, -0.25) is 0 Å². The van der Waals surface area contributed by atoms with Crippen molar-refractivity contribution in [3.63, 3.8) is 0 Å². The molecule has 0 amide bonds. The molecule has 0 bridgehead atoms. The van der Waals surface area contributed by atoms with Crippen LogP contribution in [-0.4, -0.2) is 25.9 Å². The molecule has 3 rings (SSSR count). The Morgan fingerprint density at radius 3 is 1.48 bits per heavy atom. The van der Waals surface area contributed by atoms with Crippen molar-refractivity contribution in [3.05, 3.63) is 78.4 Å². The molecule has 0 aliphatic rings. The molecule has 0 aliphatic heterocycles. The van der Waals surface area contributed by atoms with E-state index in [-0.39, 0.29) is 75.0 Å². The van der Waals surface area contributed by atoms with Crippen molar-refractivity contribution < 1.29 is 98.2 Å². The van der Waals surface area contributed by atoms with E-state index in [0.717, 1.165) is 30.3 Å². The molecule has 0 saturated heterocycles. The Hall–Kier alpha value is -0.300. The van der Waals surface area contributed by atoms with Gasteiger partial charge in [0.2, 0.25) is 0 Å². The molecule has 0 unspecified atom stereocenters. The van der Waals surface area contributed by atoms with Crippen molar-refractivity contribution in [2.45, 2.75) is 16.0 Å². The summed E-state index contributed by atoms with van der Waals surface area (Å²) in [5.74, 6) is 0. The summed E-state index contributed by atoms with van der Waals surface area (Å²) in [6.07, 6.45) is -4.76. The smallest absolute Gasteiger partial charge is 0.744 e. The van der Waals surface area contributed by atoms with Crippen molar-refractivity contribution in [1.29, 1.82) is 0 Å². The van der Waals surface area contributed by atoms with Gasteiger partial charge in [0.15, 0.2) is 0 Å². The van der Waals surface area contributed by atoms with Gasteiger partial charge in [0.25, 0.3) is 0 Å². The van der Waals surface area contributed by atoms with Crippen molar-refractivity contribution >= 4 is 44.1 Å². The SMILES string of the molecule is O=S(=O)([O-])c1cccc(P(c2cccc(S(=O)(=O)[O-])c2)c2ccccc2C(F)(F)F)c1.[Na+].[Na+]. The van der Waals surface area contributed by atoms with E-state index in [2.05, 4.69) is 0 Å². The second kappa shape index (κ2) is 11.6. The third-order valence-electron chi connectivity index (χ3n) is 4.18. The first kappa shape index (κ1) is 30.7. The van der Waals surface area contributed by atoms with Gasteiger partial charge < -0.3 is 9.11 Å². The summed E-state index contributed by atoms with van der Waals surface area (Å²) in [6.45, 7) is 0. The monoisotopic (exact) mass is 534 g/mol. The van der Waals surface area contributed by atoms with Gasteiger partial charge in [0.05, 0.1) is 15.4 Å². The summed E-state index contributed by atoms with van der Waals surface area (Å²) < 4.78 is 110. The third kappa shape index (κ3) is 7.59. The summed E-state index contributed by atoms with van der Waals surface area (Å²) in [5, 5.41) is -0.126. The molecular weight excluding hydrogens is 522 g/mol. The topological polar surface area (TPSA) is 114 Å². The Balaban J connectivity index is 0.00000272. The molecule has 0 saturated carbocycles. The maximum atomic E-state index is 13.7. The van der Waals surface area contributed by atoms with Gasteiger partial charge in [-0.15, -0.1) is 0 Å². The van der Waals surface area contributed by atoms with E-state index in [0.29, 0.717) is 0 Å². The Labute approximate surface area is 234 Å². The molecule has 3 aromatic carbocycles. The molecule has 0 fully saturated rings. The summed E-state index contributed by atoms with van der Waals surface area (Å²) in [5.41, 5.74) is -1.01. The predicted octanol–water partition coefficient (Wildman–Crippen LogP) is -3.72. The van der Waals surface area contributed by atoms with Gasteiger partial charge in [0.1, 0.15) is 20.2 Å². The molecule has 0 aliphatic carbocycles. The standard InChI is InChI=1S/C19H14F3O6PS2.2Na/c20-19(21,22)17-9-1-2-10-18(17)29(13-5-3-7-15(11-13)30(23,24)25)14-6-4-8-16(12-14)31(26,27)28;;/h1-12H,(H,23,24,25)(H,26,27,28);;/q;2*+1/p-2. The zero-order valence-electron chi connectivity index (χ0n) is 17.3. The Morgan fingerprint density at radius 1 is 0.667 bits per heavy atom. The largest absolute Gasteiger partial charge is 1.00 e. The van der Waals surface area contributed by atoms with Crippen LogP contribution in [0.5, 0.6) is 0 Å². The fraction of sp³-hybridized carbons (Fsp3) is 0.0526. The first-order valence-corrected chi connectivity index (χ1v) is 12.5.